The number of halogens is 2. The van der Waals surface area contributed by atoms with Crippen LogP contribution in [0.4, 0.5) is 4.39 Å². The van der Waals surface area contributed by atoms with Crippen LogP contribution in [0.2, 0.25) is 0 Å². The van der Waals surface area contributed by atoms with Crippen LogP contribution in [0.5, 0.6) is 0 Å². The summed E-state index contributed by atoms with van der Waals surface area (Å²) in [7, 11) is 2.28. The van der Waals surface area contributed by atoms with Gasteiger partial charge in [-0.15, -0.1) is 0 Å². The second-order valence-electron chi connectivity index (χ2n) is 6.63. The second kappa shape index (κ2) is 6.35. The Balaban J connectivity index is 1.65. The lowest BCUT2D eigenvalue weighted by molar-refractivity contribution is 0.0463. The van der Waals surface area contributed by atoms with Gasteiger partial charge < -0.3 is 10.2 Å². The van der Waals surface area contributed by atoms with Gasteiger partial charge in [-0.2, -0.15) is 0 Å². The van der Waals surface area contributed by atoms with Gasteiger partial charge in [0.2, 0.25) is 0 Å². The molecule has 0 aliphatic carbocycles. The zero-order valence-corrected chi connectivity index (χ0v) is 14.4. The average molecular weight is 355 g/mol. The Kier molecular flexibility index (Phi) is 4.67. The third kappa shape index (κ3) is 3.33. The average Bonchev–Trinajstić information content (AvgIpc) is 2.43. The fraction of sp³-hybridized carbons (Fsp3) is 0.647. The SMILES string of the molecule is CC(NC1CC2CCCC(C1)N2C)c1ccc(F)c(Br)c1. The highest BCUT2D eigenvalue weighted by Crippen LogP contribution is 2.33. The van der Waals surface area contributed by atoms with Gasteiger partial charge in [0.15, 0.2) is 0 Å². The Morgan fingerprint density at radius 1 is 1.29 bits per heavy atom. The highest BCUT2D eigenvalue weighted by molar-refractivity contribution is 9.10. The molecule has 0 amide bonds. The third-order valence-electron chi connectivity index (χ3n) is 5.27. The van der Waals surface area contributed by atoms with E-state index in [4.69, 9.17) is 0 Å². The predicted octanol–water partition coefficient (Wildman–Crippen LogP) is 4.25. The molecule has 2 saturated heterocycles. The van der Waals surface area contributed by atoms with Crippen LogP contribution in [0, 0.1) is 5.82 Å². The summed E-state index contributed by atoms with van der Waals surface area (Å²) in [6, 6.07) is 7.63. The van der Waals surface area contributed by atoms with Crippen LogP contribution < -0.4 is 5.32 Å². The lowest BCUT2D eigenvalue weighted by atomic mass is 9.82. The van der Waals surface area contributed by atoms with Crippen LogP contribution >= 0.6 is 15.9 Å². The maximum atomic E-state index is 13.3. The van der Waals surface area contributed by atoms with Gasteiger partial charge in [0.25, 0.3) is 0 Å². The maximum Gasteiger partial charge on any atom is 0.137 e. The minimum Gasteiger partial charge on any atom is -0.307 e. The quantitative estimate of drug-likeness (QED) is 0.872. The van der Waals surface area contributed by atoms with Gasteiger partial charge in [0.1, 0.15) is 5.82 Å². The van der Waals surface area contributed by atoms with Crippen molar-refractivity contribution in [2.75, 3.05) is 7.05 Å². The lowest BCUT2D eigenvalue weighted by Crippen LogP contribution is -2.54. The van der Waals surface area contributed by atoms with E-state index in [-0.39, 0.29) is 11.9 Å². The molecule has 1 N–H and O–H groups in total. The first-order valence-corrected chi connectivity index (χ1v) is 8.77. The molecule has 0 saturated carbocycles. The Morgan fingerprint density at radius 2 is 1.95 bits per heavy atom. The van der Waals surface area contributed by atoms with Gasteiger partial charge >= 0.3 is 0 Å². The molecule has 21 heavy (non-hydrogen) atoms. The van der Waals surface area contributed by atoms with Gasteiger partial charge in [0.05, 0.1) is 4.47 Å². The van der Waals surface area contributed by atoms with Gasteiger partial charge in [-0.05, 0) is 73.3 Å². The Bertz CT molecular complexity index is 494. The van der Waals surface area contributed by atoms with E-state index in [0.717, 1.165) is 17.6 Å². The molecule has 3 atom stereocenters. The molecule has 2 heterocycles. The fourth-order valence-corrected chi connectivity index (χ4v) is 4.38. The zero-order chi connectivity index (χ0) is 15.0. The summed E-state index contributed by atoms with van der Waals surface area (Å²) in [5.41, 5.74) is 1.15. The molecule has 4 heteroatoms. The topological polar surface area (TPSA) is 15.3 Å². The molecule has 1 aromatic rings. The summed E-state index contributed by atoms with van der Waals surface area (Å²) in [6.07, 6.45) is 6.52. The largest absolute Gasteiger partial charge is 0.307 e. The summed E-state index contributed by atoms with van der Waals surface area (Å²) < 4.78 is 13.9. The Labute approximate surface area is 135 Å². The zero-order valence-electron chi connectivity index (χ0n) is 12.8. The molecule has 1 aromatic carbocycles. The number of rotatable bonds is 3. The van der Waals surface area contributed by atoms with Crippen LogP contribution in [0.25, 0.3) is 0 Å². The van der Waals surface area contributed by atoms with E-state index in [1.54, 1.807) is 6.07 Å². The monoisotopic (exact) mass is 354 g/mol. The van der Waals surface area contributed by atoms with Gasteiger partial charge in [-0.3, -0.25) is 0 Å². The van der Waals surface area contributed by atoms with Crippen molar-refractivity contribution in [3.05, 3.63) is 34.1 Å². The Morgan fingerprint density at radius 3 is 2.57 bits per heavy atom. The van der Waals surface area contributed by atoms with Gasteiger partial charge in [-0.1, -0.05) is 12.5 Å². The second-order valence-corrected chi connectivity index (χ2v) is 7.49. The van der Waals surface area contributed by atoms with Crippen molar-refractivity contribution < 1.29 is 4.39 Å². The Hall–Kier alpha value is -0.450. The summed E-state index contributed by atoms with van der Waals surface area (Å²) in [5, 5.41) is 3.76. The van der Waals surface area contributed by atoms with Crippen LogP contribution in [0.15, 0.2) is 22.7 Å². The number of piperidine rings is 2. The molecule has 2 fully saturated rings. The molecule has 2 nitrogen and oxygen atoms in total. The number of nitrogens with one attached hydrogen (secondary N) is 1. The minimum absolute atomic E-state index is 0.195. The highest BCUT2D eigenvalue weighted by Gasteiger charge is 2.36. The molecule has 2 aliphatic rings. The van der Waals surface area contributed by atoms with Crippen LogP contribution in [0.3, 0.4) is 0 Å². The number of fused-ring (bicyclic) bond motifs is 2. The van der Waals surface area contributed by atoms with E-state index in [2.05, 4.69) is 40.1 Å². The summed E-state index contributed by atoms with van der Waals surface area (Å²) in [5.74, 6) is -0.195. The van der Waals surface area contributed by atoms with Crippen molar-refractivity contribution in [1.29, 1.82) is 0 Å². The molecule has 0 radical (unpaired) electrons. The van der Waals surface area contributed by atoms with E-state index in [0.29, 0.717) is 10.5 Å². The molecular formula is C17H24BrFN2. The number of hydrogen-bond donors (Lipinski definition) is 1. The smallest absolute Gasteiger partial charge is 0.137 e. The fourth-order valence-electron chi connectivity index (χ4n) is 3.98. The molecular weight excluding hydrogens is 331 g/mol. The standard InChI is InChI=1S/C17H24BrFN2/c1-11(12-6-7-17(19)16(18)8-12)20-13-9-14-4-3-5-15(10-13)21(14)2/h6-8,11,13-15,20H,3-5,9-10H2,1-2H3. The van der Waals surface area contributed by atoms with Gasteiger partial charge in [-0.25, -0.2) is 4.39 Å². The molecule has 2 bridgehead atoms. The minimum atomic E-state index is -0.195. The highest BCUT2D eigenvalue weighted by atomic mass is 79.9. The molecule has 116 valence electrons. The van der Waals surface area contributed by atoms with Crippen molar-refractivity contribution in [2.45, 2.75) is 63.2 Å². The van der Waals surface area contributed by atoms with Crippen molar-refractivity contribution in [3.8, 4) is 0 Å². The van der Waals surface area contributed by atoms with Crippen LogP contribution in [-0.4, -0.2) is 30.1 Å². The van der Waals surface area contributed by atoms with E-state index in [1.165, 1.54) is 32.1 Å². The van der Waals surface area contributed by atoms with Crippen molar-refractivity contribution in [1.82, 2.24) is 10.2 Å². The first kappa shape index (κ1) is 15.4. The lowest BCUT2D eigenvalue weighted by Gasteiger charge is -2.47. The molecule has 0 aromatic heterocycles. The number of hydrogen-bond acceptors (Lipinski definition) is 2. The van der Waals surface area contributed by atoms with Crippen LogP contribution in [0.1, 0.15) is 50.6 Å². The summed E-state index contributed by atoms with van der Waals surface area (Å²) in [4.78, 5) is 2.58. The summed E-state index contributed by atoms with van der Waals surface area (Å²) >= 11 is 3.28. The first-order chi connectivity index (χ1) is 10.0. The van der Waals surface area contributed by atoms with Gasteiger partial charge in [0, 0.05) is 24.2 Å². The van der Waals surface area contributed by atoms with Crippen molar-refractivity contribution in [2.24, 2.45) is 0 Å². The summed E-state index contributed by atoms with van der Waals surface area (Å²) in [6.45, 7) is 2.17. The van der Waals surface area contributed by atoms with E-state index >= 15 is 0 Å². The molecule has 0 spiro atoms. The van der Waals surface area contributed by atoms with Crippen molar-refractivity contribution >= 4 is 15.9 Å². The van der Waals surface area contributed by atoms with E-state index < -0.39 is 0 Å². The number of benzene rings is 1. The predicted molar refractivity (Wildman–Crippen MR) is 87.9 cm³/mol. The van der Waals surface area contributed by atoms with E-state index in [9.17, 15) is 4.39 Å². The molecule has 3 unspecified atom stereocenters. The van der Waals surface area contributed by atoms with E-state index in [1.807, 2.05) is 12.1 Å². The molecule has 2 aliphatic heterocycles. The number of nitrogens with zero attached hydrogens (tertiary/aromatic N) is 1. The van der Waals surface area contributed by atoms with Crippen molar-refractivity contribution in [3.63, 3.8) is 0 Å². The molecule has 3 rings (SSSR count). The first-order valence-electron chi connectivity index (χ1n) is 7.97. The van der Waals surface area contributed by atoms with Crippen LogP contribution in [-0.2, 0) is 0 Å². The normalized spacial score (nSPS) is 31.1. The maximum absolute atomic E-state index is 13.3. The third-order valence-corrected chi connectivity index (χ3v) is 5.88.